The Morgan fingerprint density at radius 1 is 1.39 bits per heavy atom. The van der Waals surface area contributed by atoms with Crippen LogP contribution in [0.2, 0.25) is 0 Å². The van der Waals surface area contributed by atoms with Crippen LogP contribution >= 0.6 is 0 Å². The van der Waals surface area contributed by atoms with Crippen molar-refractivity contribution in [1.82, 2.24) is 4.98 Å². The van der Waals surface area contributed by atoms with Crippen molar-refractivity contribution in [1.29, 1.82) is 0 Å². The highest BCUT2D eigenvalue weighted by molar-refractivity contribution is 6.08. The Morgan fingerprint density at radius 3 is 2.67 bits per heavy atom. The van der Waals surface area contributed by atoms with E-state index >= 15 is 0 Å². The fourth-order valence-electron chi connectivity index (χ4n) is 2.27. The molecule has 0 saturated heterocycles. The molecule has 0 amide bonds. The second kappa shape index (κ2) is 4.72. The number of anilines is 1. The summed E-state index contributed by atoms with van der Waals surface area (Å²) in [6.45, 7) is 5.03. The van der Waals surface area contributed by atoms with Crippen molar-refractivity contribution in [3.63, 3.8) is 0 Å². The normalized spacial score (nSPS) is 11.1. The van der Waals surface area contributed by atoms with E-state index in [-0.39, 0.29) is 0 Å². The van der Waals surface area contributed by atoms with Gasteiger partial charge in [-0.05, 0) is 12.0 Å². The van der Waals surface area contributed by atoms with Gasteiger partial charge in [-0.15, -0.1) is 0 Å². The second-order valence-corrected chi connectivity index (χ2v) is 4.97. The maximum Gasteiger partial charge on any atom is 0.340 e. The van der Waals surface area contributed by atoms with Crippen LogP contribution in [-0.2, 0) is 0 Å². The van der Waals surface area contributed by atoms with Gasteiger partial charge in [-0.1, -0.05) is 32.0 Å². The Bertz CT molecular complexity index is 572. The van der Waals surface area contributed by atoms with Crippen molar-refractivity contribution in [2.75, 3.05) is 18.5 Å². The number of hydrogen-bond donors (Lipinski definition) is 2. The van der Waals surface area contributed by atoms with Gasteiger partial charge >= 0.3 is 5.97 Å². The molecule has 18 heavy (non-hydrogen) atoms. The number of carboxylic acids is 1. The topological polar surface area (TPSA) is 56.3 Å². The van der Waals surface area contributed by atoms with Crippen LogP contribution in [0.25, 0.3) is 10.9 Å². The number of rotatable bonds is 4. The number of para-hydroxylation sites is 1. The third kappa shape index (κ3) is 2.18. The minimum atomic E-state index is -0.891. The number of nitrogens with zero attached hydrogens (tertiary/aromatic N) is 1. The monoisotopic (exact) mass is 246 g/mol. The van der Waals surface area contributed by atoms with Crippen molar-refractivity contribution in [2.24, 2.45) is 5.92 Å². The first-order chi connectivity index (χ1) is 8.50. The van der Waals surface area contributed by atoms with E-state index in [2.05, 4.69) is 18.8 Å². The van der Waals surface area contributed by atoms with Crippen LogP contribution in [-0.4, -0.2) is 29.7 Å². The first-order valence-electron chi connectivity index (χ1n) is 6.06. The number of aromatic amines is 1. The van der Waals surface area contributed by atoms with Gasteiger partial charge in [0.1, 0.15) is 11.4 Å². The van der Waals surface area contributed by atoms with Gasteiger partial charge in [0, 0.05) is 24.5 Å². The maximum atomic E-state index is 11.4. The summed E-state index contributed by atoms with van der Waals surface area (Å²) < 4.78 is 0. The molecule has 0 saturated carbocycles. The predicted molar refractivity (Wildman–Crippen MR) is 73.4 cm³/mol. The Kier molecular flexibility index (Phi) is 3.28. The van der Waals surface area contributed by atoms with Crippen molar-refractivity contribution in [3.05, 3.63) is 29.8 Å². The lowest BCUT2D eigenvalue weighted by Gasteiger charge is -2.20. The van der Waals surface area contributed by atoms with E-state index in [9.17, 15) is 9.90 Å². The second-order valence-electron chi connectivity index (χ2n) is 4.97. The SMILES string of the molecule is CC(C)CN(C)c1[nH]c2ccccc2c1C(=O)O. The molecule has 0 aliphatic heterocycles. The predicted octanol–water partition coefficient (Wildman–Crippen LogP) is 2.96. The van der Waals surface area contributed by atoms with Gasteiger partial charge in [-0.3, -0.25) is 0 Å². The van der Waals surface area contributed by atoms with Gasteiger partial charge in [0.15, 0.2) is 0 Å². The summed E-state index contributed by atoms with van der Waals surface area (Å²) in [4.78, 5) is 16.6. The summed E-state index contributed by atoms with van der Waals surface area (Å²) in [5, 5.41) is 10.1. The zero-order valence-electron chi connectivity index (χ0n) is 10.9. The van der Waals surface area contributed by atoms with Gasteiger partial charge in [0.05, 0.1) is 0 Å². The van der Waals surface area contributed by atoms with Crippen LogP contribution in [0.5, 0.6) is 0 Å². The minimum absolute atomic E-state index is 0.355. The molecule has 0 aliphatic rings. The third-order valence-electron chi connectivity index (χ3n) is 2.92. The Hall–Kier alpha value is -1.97. The number of benzene rings is 1. The summed E-state index contributed by atoms with van der Waals surface area (Å²) in [5.74, 6) is 0.263. The first-order valence-corrected chi connectivity index (χ1v) is 6.06. The van der Waals surface area contributed by atoms with E-state index in [4.69, 9.17) is 0 Å². The smallest absolute Gasteiger partial charge is 0.340 e. The summed E-state index contributed by atoms with van der Waals surface area (Å²) in [6.07, 6.45) is 0. The highest BCUT2D eigenvalue weighted by Gasteiger charge is 2.20. The van der Waals surface area contributed by atoms with E-state index in [1.807, 2.05) is 36.2 Å². The van der Waals surface area contributed by atoms with E-state index in [0.717, 1.165) is 17.4 Å². The number of carbonyl (C=O) groups is 1. The quantitative estimate of drug-likeness (QED) is 0.872. The van der Waals surface area contributed by atoms with Crippen molar-refractivity contribution in [3.8, 4) is 0 Å². The number of carboxylic acid groups (broad SMARTS) is 1. The molecule has 0 unspecified atom stereocenters. The van der Waals surface area contributed by atoms with Gasteiger partial charge in [-0.25, -0.2) is 4.79 Å². The zero-order chi connectivity index (χ0) is 13.3. The van der Waals surface area contributed by atoms with Crippen molar-refractivity contribution < 1.29 is 9.90 Å². The molecule has 96 valence electrons. The number of fused-ring (bicyclic) bond motifs is 1. The Morgan fingerprint density at radius 2 is 2.06 bits per heavy atom. The molecule has 4 nitrogen and oxygen atoms in total. The van der Waals surface area contributed by atoms with Crippen LogP contribution in [0.3, 0.4) is 0 Å². The summed E-state index contributed by atoms with van der Waals surface area (Å²) in [6, 6.07) is 7.49. The van der Waals surface area contributed by atoms with Crippen LogP contribution in [0.4, 0.5) is 5.82 Å². The Labute approximate surface area is 106 Å². The molecule has 0 bridgehead atoms. The first kappa shape index (κ1) is 12.5. The standard InChI is InChI=1S/C14H18N2O2/c1-9(2)8-16(3)13-12(14(17)18)10-6-4-5-7-11(10)15-13/h4-7,9,15H,8H2,1-3H3,(H,17,18). The van der Waals surface area contributed by atoms with E-state index < -0.39 is 5.97 Å². The molecule has 0 aliphatic carbocycles. The lowest BCUT2D eigenvalue weighted by Crippen LogP contribution is -2.24. The molecule has 0 atom stereocenters. The van der Waals surface area contributed by atoms with Gasteiger partial charge in [0.2, 0.25) is 0 Å². The lowest BCUT2D eigenvalue weighted by molar-refractivity contribution is 0.0699. The number of H-pyrrole nitrogens is 1. The number of aromatic carboxylic acids is 1. The summed E-state index contributed by atoms with van der Waals surface area (Å²) >= 11 is 0. The van der Waals surface area contributed by atoms with Gasteiger partial charge < -0.3 is 15.0 Å². The van der Waals surface area contributed by atoms with Crippen LogP contribution in [0.15, 0.2) is 24.3 Å². The summed E-state index contributed by atoms with van der Waals surface area (Å²) in [5.41, 5.74) is 1.22. The molecule has 2 aromatic rings. The number of nitrogens with one attached hydrogen (secondary N) is 1. The molecular weight excluding hydrogens is 228 g/mol. The van der Waals surface area contributed by atoms with E-state index in [0.29, 0.717) is 17.3 Å². The molecule has 0 radical (unpaired) electrons. The van der Waals surface area contributed by atoms with Gasteiger partial charge in [0.25, 0.3) is 0 Å². The zero-order valence-corrected chi connectivity index (χ0v) is 10.9. The third-order valence-corrected chi connectivity index (χ3v) is 2.92. The highest BCUT2D eigenvalue weighted by Crippen LogP contribution is 2.28. The average molecular weight is 246 g/mol. The van der Waals surface area contributed by atoms with E-state index in [1.54, 1.807) is 0 Å². The van der Waals surface area contributed by atoms with Crippen LogP contribution in [0.1, 0.15) is 24.2 Å². The van der Waals surface area contributed by atoms with Crippen molar-refractivity contribution >= 4 is 22.7 Å². The molecule has 1 aromatic heterocycles. The van der Waals surface area contributed by atoms with Crippen molar-refractivity contribution in [2.45, 2.75) is 13.8 Å². The number of hydrogen-bond acceptors (Lipinski definition) is 2. The fraction of sp³-hybridized carbons (Fsp3) is 0.357. The van der Waals surface area contributed by atoms with Crippen LogP contribution < -0.4 is 4.90 Å². The van der Waals surface area contributed by atoms with Gasteiger partial charge in [-0.2, -0.15) is 0 Å². The fourth-order valence-corrected chi connectivity index (χ4v) is 2.27. The summed E-state index contributed by atoms with van der Waals surface area (Å²) in [7, 11) is 1.91. The molecule has 2 rings (SSSR count). The molecular formula is C14H18N2O2. The molecule has 0 fully saturated rings. The lowest BCUT2D eigenvalue weighted by atomic mass is 10.1. The van der Waals surface area contributed by atoms with E-state index in [1.165, 1.54) is 0 Å². The van der Waals surface area contributed by atoms with Crippen LogP contribution in [0, 0.1) is 5.92 Å². The highest BCUT2D eigenvalue weighted by atomic mass is 16.4. The molecule has 0 spiro atoms. The Balaban J connectivity index is 2.55. The maximum absolute atomic E-state index is 11.4. The number of aromatic nitrogens is 1. The molecule has 4 heteroatoms. The minimum Gasteiger partial charge on any atom is -0.478 e. The largest absolute Gasteiger partial charge is 0.478 e. The molecule has 1 heterocycles. The molecule has 2 N–H and O–H groups in total. The average Bonchev–Trinajstić information content (AvgIpc) is 2.67. The molecule has 1 aromatic carbocycles.